The van der Waals surface area contributed by atoms with Crippen molar-refractivity contribution in [1.29, 1.82) is 5.26 Å². The number of hydrogen-bond acceptors (Lipinski definition) is 15. The van der Waals surface area contributed by atoms with Crippen molar-refractivity contribution in [2.24, 2.45) is 16.7 Å². The van der Waals surface area contributed by atoms with Gasteiger partial charge >= 0.3 is 0 Å². The molecule has 9 rings (SSSR count). The van der Waals surface area contributed by atoms with E-state index in [1.807, 2.05) is 69.6 Å². The molecule has 3 amide bonds. The molecule has 0 bridgehead atoms. The van der Waals surface area contributed by atoms with E-state index >= 15 is 0 Å². The topological polar surface area (TPSA) is 205 Å². The Bertz CT molecular complexity index is 2950. The first-order valence-electron chi connectivity index (χ1n) is 28.2. The predicted molar refractivity (Wildman–Crippen MR) is 306 cm³/mol. The zero-order valence-corrected chi connectivity index (χ0v) is 48.9. The zero-order valence-electron chi connectivity index (χ0n) is 47.3. The number of carbonyl (C=O) groups excluding carboxylic acids is 3. The van der Waals surface area contributed by atoms with E-state index in [1.165, 1.54) is 11.3 Å². The molecule has 2 saturated carbocycles. The number of halogens is 1. The van der Waals surface area contributed by atoms with Crippen LogP contribution < -0.4 is 24.8 Å². The monoisotopic (exact) mass is 1130 g/mol. The van der Waals surface area contributed by atoms with Crippen LogP contribution in [0, 0.1) is 35.0 Å². The third-order valence-corrected chi connectivity index (χ3v) is 18.1. The SMILES string of the molecule is Cc1ncsc1-c1ccc(C(C)NC(=O)C2CC(O)CN2C(=O)C(c2cc(OCCN3CCN(C4CCCCC4OCCOc4ccc(C(=O)NC5C(C)(C)C(Oc6ccc(C#N)c(Cl)c6)C5(C)C)cc4)CC3)no2)C(C)C)cc1. The molecule has 4 aliphatic rings. The van der Waals surface area contributed by atoms with Gasteiger partial charge in [-0.2, -0.15) is 5.26 Å². The van der Waals surface area contributed by atoms with Crippen LogP contribution in [0.2, 0.25) is 5.02 Å². The molecule has 4 fully saturated rings. The van der Waals surface area contributed by atoms with E-state index in [2.05, 4.69) is 64.3 Å². The maximum atomic E-state index is 14.3. The molecule has 4 heterocycles. The number of ether oxygens (including phenoxy) is 4. The van der Waals surface area contributed by atoms with Gasteiger partial charge < -0.3 is 44.1 Å². The highest BCUT2D eigenvalue weighted by Crippen LogP contribution is 2.55. The molecule has 2 aromatic heterocycles. The Morgan fingerprint density at radius 1 is 0.912 bits per heavy atom. The van der Waals surface area contributed by atoms with Crippen LogP contribution in [-0.4, -0.2) is 143 Å². The van der Waals surface area contributed by atoms with Crippen molar-refractivity contribution in [3.8, 4) is 33.9 Å². The number of carbonyl (C=O) groups is 3. The molecular formula is C61H77ClN8O9S. The van der Waals surface area contributed by atoms with Crippen molar-refractivity contribution >= 4 is 40.7 Å². The summed E-state index contributed by atoms with van der Waals surface area (Å²) in [6, 6.07) is 23.1. The molecule has 2 aliphatic carbocycles. The second kappa shape index (κ2) is 25.4. The average molecular weight is 1130 g/mol. The van der Waals surface area contributed by atoms with Crippen molar-refractivity contribution in [1.82, 2.24) is 35.5 Å². The molecule has 3 aromatic carbocycles. The number of nitrogens with zero attached hydrogens (tertiary/aromatic N) is 6. The number of aryl methyl sites for hydroxylation is 1. The summed E-state index contributed by atoms with van der Waals surface area (Å²) in [5.74, 6) is 0.233. The maximum Gasteiger partial charge on any atom is 0.254 e. The smallest absolute Gasteiger partial charge is 0.254 e. The van der Waals surface area contributed by atoms with Crippen LogP contribution in [0.4, 0.5) is 0 Å². The van der Waals surface area contributed by atoms with Crippen molar-refractivity contribution in [2.45, 2.75) is 136 Å². The summed E-state index contributed by atoms with van der Waals surface area (Å²) in [5.41, 5.74) is 4.98. The van der Waals surface area contributed by atoms with E-state index in [1.54, 1.807) is 47.7 Å². The van der Waals surface area contributed by atoms with Gasteiger partial charge in [0.05, 0.1) is 51.5 Å². The Balaban J connectivity index is 0.684. The number of nitriles is 1. The van der Waals surface area contributed by atoms with Gasteiger partial charge in [-0.1, -0.05) is 90.3 Å². The lowest BCUT2D eigenvalue weighted by molar-refractivity contribution is -0.164. The van der Waals surface area contributed by atoms with Crippen LogP contribution >= 0.6 is 22.9 Å². The highest BCUT2D eigenvalue weighted by atomic mass is 35.5. The molecule has 6 unspecified atom stereocenters. The fourth-order valence-electron chi connectivity index (χ4n) is 12.8. The first kappa shape index (κ1) is 58.6. The van der Waals surface area contributed by atoms with Crippen molar-refractivity contribution < 1.29 is 43.0 Å². The van der Waals surface area contributed by atoms with Crippen LogP contribution in [-0.2, 0) is 14.3 Å². The Hall–Kier alpha value is -6.07. The normalized spacial score (nSPS) is 23.6. The van der Waals surface area contributed by atoms with Gasteiger partial charge in [0.25, 0.3) is 11.8 Å². The second-order valence-corrected chi connectivity index (χ2v) is 24.7. The van der Waals surface area contributed by atoms with Gasteiger partial charge in [-0.05, 0) is 85.3 Å². The summed E-state index contributed by atoms with van der Waals surface area (Å²) in [5, 5.41) is 30.9. The number of piperazine rings is 1. The Morgan fingerprint density at radius 3 is 2.30 bits per heavy atom. The van der Waals surface area contributed by atoms with E-state index in [4.69, 9.17) is 35.1 Å². The molecule has 17 nitrogen and oxygen atoms in total. The summed E-state index contributed by atoms with van der Waals surface area (Å²) in [4.78, 5) is 53.5. The quantitative estimate of drug-likeness (QED) is 0.0586. The third-order valence-electron chi connectivity index (χ3n) is 16.8. The van der Waals surface area contributed by atoms with Gasteiger partial charge in [-0.25, -0.2) is 4.98 Å². The average Bonchev–Trinajstić information content (AvgIpc) is 4.26. The zero-order chi connectivity index (χ0) is 56.9. The number of thiazole rings is 1. The number of aromatic nitrogens is 2. The number of nitrogens with one attached hydrogen (secondary N) is 2. The standard InChI is InChI=1S/C61H77ClN8O9S/c1-37(2)53(57(74)70-35-44(71)31-49(70)56(73)65-38(3)40-13-15-41(16-14-40)54-39(4)64-36-80-54)51-33-52(67-79-51)77-28-27-68-23-25-69(26-24-68)48-11-9-10-12-50(48)76-30-29-75-45-20-17-42(18-21-45)55(72)66-58-60(5,6)59(61(58,7)8)78-46-22-19-43(34-63)47(62)32-46/h13-22,32-33,36-38,44,48-50,53,58-59,71H,9-12,23-31,35H2,1-8H3,(H,65,73)(H,66,72). The van der Waals surface area contributed by atoms with Crippen LogP contribution in [0.5, 0.6) is 17.4 Å². The van der Waals surface area contributed by atoms with E-state index in [-0.39, 0.29) is 71.7 Å². The fourth-order valence-corrected chi connectivity index (χ4v) is 13.8. The Kier molecular flexibility index (Phi) is 18.6. The summed E-state index contributed by atoms with van der Waals surface area (Å²) in [7, 11) is 0. The lowest BCUT2D eigenvalue weighted by Gasteiger charge is -2.63. The highest BCUT2D eigenvalue weighted by molar-refractivity contribution is 7.13. The van der Waals surface area contributed by atoms with Crippen LogP contribution in [0.25, 0.3) is 10.4 Å². The minimum atomic E-state index is -0.835. The number of β-amino-alcohol motifs (C(OH)–C–C–N with tert-alkyl or cyclic N) is 1. The van der Waals surface area contributed by atoms with Gasteiger partial charge in [-0.15, -0.1) is 11.3 Å². The molecule has 2 saturated heterocycles. The molecular weight excluding hydrogens is 1060 g/mol. The third kappa shape index (κ3) is 13.1. The van der Waals surface area contributed by atoms with Crippen LogP contribution in [0.15, 0.2) is 82.8 Å². The second-order valence-electron chi connectivity index (χ2n) is 23.5. The molecule has 5 aromatic rings. The van der Waals surface area contributed by atoms with E-state index in [0.29, 0.717) is 71.7 Å². The van der Waals surface area contributed by atoms with Crippen molar-refractivity contribution in [2.75, 3.05) is 59.1 Å². The van der Waals surface area contributed by atoms with E-state index in [0.717, 1.165) is 67.1 Å². The number of aliphatic hydroxyl groups is 1. The maximum absolute atomic E-state index is 14.3. The summed E-state index contributed by atoms with van der Waals surface area (Å²) >= 11 is 7.86. The minimum Gasteiger partial charge on any atom is -0.491 e. The van der Waals surface area contributed by atoms with Crippen molar-refractivity contribution in [3.63, 3.8) is 0 Å². The van der Waals surface area contributed by atoms with Gasteiger partial charge in [0.15, 0.2) is 5.76 Å². The van der Waals surface area contributed by atoms with Crippen molar-refractivity contribution in [3.05, 3.63) is 111 Å². The Morgan fingerprint density at radius 2 is 1.62 bits per heavy atom. The molecule has 6 atom stereocenters. The minimum absolute atomic E-state index is 0.0485. The molecule has 2 aliphatic heterocycles. The molecule has 0 radical (unpaired) electrons. The van der Waals surface area contributed by atoms with Crippen LogP contribution in [0.3, 0.4) is 0 Å². The predicted octanol–water partition coefficient (Wildman–Crippen LogP) is 9.23. The number of amides is 3. The molecule has 0 spiro atoms. The lowest BCUT2D eigenvalue weighted by atomic mass is 9.49. The number of rotatable bonds is 21. The number of likely N-dealkylation sites (tertiary alicyclic amines) is 1. The van der Waals surface area contributed by atoms with E-state index in [9.17, 15) is 24.8 Å². The number of hydrogen-bond donors (Lipinski definition) is 3. The van der Waals surface area contributed by atoms with Gasteiger partial charge in [0.1, 0.15) is 48.8 Å². The lowest BCUT2D eigenvalue weighted by Crippen LogP contribution is -2.74. The molecule has 19 heteroatoms. The first-order chi connectivity index (χ1) is 38.3. The number of benzene rings is 3. The fraction of sp³-hybridized carbons (Fsp3) is 0.541. The molecule has 428 valence electrons. The van der Waals surface area contributed by atoms with Crippen LogP contribution in [0.1, 0.15) is 125 Å². The van der Waals surface area contributed by atoms with E-state index < -0.39 is 18.1 Å². The van der Waals surface area contributed by atoms with Gasteiger partial charge in [-0.3, -0.25) is 24.2 Å². The summed E-state index contributed by atoms with van der Waals surface area (Å²) in [6.45, 7) is 21.7. The largest absolute Gasteiger partial charge is 0.491 e. The summed E-state index contributed by atoms with van der Waals surface area (Å²) < 4.78 is 30.8. The first-order valence-corrected chi connectivity index (χ1v) is 29.4. The highest BCUT2D eigenvalue weighted by Gasteiger charge is 2.64. The molecule has 3 N–H and O–H groups in total. The molecule has 80 heavy (non-hydrogen) atoms. The summed E-state index contributed by atoms with van der Waals surface area (Å²) in [6.07, 6.45) is 3.65. The van der Waals surface area contributed by atoms with Gasteiger partial charge in [0.2, 0.25) is 11.8 Å². The van der Waals surface area contributed by atoms with Gasteiger partial charge in [0, 0.05) is 86.3 Å². The number of aliphatic hydroxyl groups excluding tert-OH is 1. The Labute approximate surface area is 479 Å².